The summed E-state index contributed by atoms with van der Waals surface area (Å²) in [5.74, 6) is 0.171. The lowest BCUT2D eigenvalue weighted by Crippen LogP contribution is -2.54. The molecule has 192 valence electrons. The molecule has 2 aliphatic heterocycles. The molecule has 0 bridgehead atoms. The van der Waals surface area contributed by atoms with E-state index in [9.17, 15) is 14.4 Å². The Bertz CT molecular complexity index is 1070. The van der Waals surface area contributed by atoms with Gasteiger partial charge in [-0.1, -0.05) is 37.3 Å². The highest BCUT2D eigenvalue weighted by Gasteiger charge is 2.39. The summed E-state index contributed by atoms with van der Waals surface area (Å²) in [6, 6.07) is 15.0. The van der Waals surface area contributed by atoms with Gasteiger partial charge in [-0.15, -0.1) is 0 Å². The number of fused-ring (bicyclic) bond motifs is 2. The third-order valence-corrected chi connectivity index (χ3v) is 6.76. The number of likely N-dealkylation sites (N-methyl/N-ethyl adjacent to an activating group) is 1. The largest absolute Gasteiger partial charge is 0.490 e. The van der Waals surface area contributed by atoms with Gasteiger partial charge in [0, 0.05) is 25.7 Å². The zero-order valence-electron chi connectivity index (χ0n) is 21.0. The number of anilines is 1. The topological polar surface area (TPSA) is 97.0 Å². The second-order valence-corrected chi connectivity index (χ2v) is 9.47. The van der Waals surface area contributed by atoms with Gasteiger partial charge in [-0.3, -0.25) is 14.4 Å². The average Bonchev–Trinajstić information content (AvgIpc) is 2.87. The first-order valence-corrected chi connectivity index (χ1v) is 12.7. The van der Waals surface area contributed by atoms with Crippen LogP contribution < -0.4 is 15.4 Å². The van der Waals surface area contributed by atoms with Crippen LogP contribution in [0.4, 0.5) is 5.69 Å². The Balaban J connectivity index is 1.34. The molecule has 0 radical (unpaired) electrons. The minimum atomic E-state index is -0.327. The molecule has 1 saturated heterocycles. The van der Waals surface area contributed by atoms with E-state index in [1.54, 1.807) is 30.1 Å². The molecule has 2 heterocycles. The first-order valence-electron chi connectivity index (χ1n) is 12.7. The van der Waals surface area contributed by atoms with Gasteiger partial charge in [0.25, 0.3) is 5.91 Å². The molecule has 2 N–H and O–H groups in total. The Morgan fingerprint density at radius 3 is 2.67 bits per heavy atom. The number of nitrogens with one attached hydrogen (secondary N) is 2. The van der Waals surface area contributed by atoms with E-state index in [0.717, 1.165) is 19.3 Å². The SMILES string of the molecule is CCCC(=O)Nc1ccc2c(c1)C(=O)N(C)[C@@H]1CC[C@@H](CC(=O)NCCc3ccccc3)O[C@@H]1CO2. The van der Waals surface area contributed by atoms with Crippen molar-refractivity contribution >= 4 is 23.4 Å². The highest BCUT2D eigenvalue weighted by atomic mass is 16.5. The molecule has 3 amide bonds. The fraction of sp³-hybridized carbons (Fsp3) is 0.464. The summed E-state index contributed by atoms with van der Waals surface area (Å²) >= 11 is 0. The highest BCUT2D eigenvalue weighted by Crippen LogP contribution is 2.32. The standard InChI is InChI=1S/C28H35N3O5/c1-3-7-26(32)30-20-10-13-24-22(16-20)28(34)31(2)23-12-11-21(36-25(23)18-35-24)17-27(33)29-15-14-19-8-5-4-6-9-19/h4-6,8-10,13,16,21,23,25H,3,7,11-12,14-15,17-18H2,1-2H3,(H,29,33)(H,30,32)/t21-,23+,25+/m0/s1. The highest BCUT2D eigenvalue weighted by molar-refractivity contribution is 5.99. The lowest BCUT2D eigenvalue weighted by atomic mass is 9.94. The molecule has 3 atom stereocenters. The molecule has 8 heteroatoms. The Morgan fingerprint density at radius 2 is 1.89 bits per heavy atom. The fourth-order valence-electron chi connectivity index (χ4n) is 4.83. The molecule has 2 aromatic carbocycles. The monoisotopic (exact) mass is 493 g/mol. The van der Waals surface area contributed by atoms with Crippen LogP contribution in [0, 0.1) is 0 Å². The summed E-state index contributed by atoms with van der Waals surface area (Å²) < 4.78 is 12.3. The second-order valence-electron chi connectivity index (χ2n) is 9.47. The second kappa shape index (κ2) is 12.0. The van der Waals surface area contributed by atoms with Crippen molar-refractivity contribution in [1.29, 1.82) is 0 Å². The molecule has 8 nitrogen and oxygen atoms in total. The third-order valence-electron chi connectivity index (χ3n) is 6.76. The molecule has 0 aliphatic carbocycles. The first kappa shape index (κ1) is 25.7. The van der Waals surface area contributed by atoms with E-state index in [4.69, 9.17) is 9.47 Å². The molecule has 0 aromatic heterocycles. The van der Waals surface area contributed by atoms with Crippen molar-refractivity contribution in [3.63, 3.8) is 0 Å². The summed E-state index contributed by atoms with van der Waals surface area (Å²) in [6.07, 6.45) is 3.11. The molecule has 36 heavy (non-hydrogen) atoms. The number of nitrogens with zero attached hydrogens (tertiary/aromatic N) is 1. The molecule has 0 spiro atoms. The Kier molecular flexibility index (Phi) is 8.59. The maximum absolute atomic E-state index is 13.3. The normalized spacial score (nSPS) is 21.3. The number of hydrogen-bond donors (Lipinski definition) is 2. The van der Waals surface area contributed by atoms with Gasteiger partial charge in [-0.05, 0) is 49.4 Å². The Labute approximate surface area is 212 Å². The number of ether oxygens (including phenoxy) is 2. The van der Waals surface area contributed by atoms with E-state index in [2.05, 4.69) is 10.6 Å². The van der Waals surface area contributed by atoms with Crippen molar-refractivity contribution in [2.45, 2.75) is 63.7 Å². The number of rotatable bonds is 8. The van der Waals surface area contributed by atoms with Gasteiger partial charge >= 0.3 is 0 Å². The maximum atomic E-state index is 13.3. The van der Waals surface area contributed by atoms with Gasteiger partial charge in [-0.2, -0.15) is 0 Å². The smallest absolute Gasteiger partial charge is 0.257 e. The van der Waals surface area contributed by atoms with Crippen LogP contribution in [0.5, 0.6) is 5.75 Å². The number of carbonyl (C=O) groups excluding carboxylic acids is 3. The Hall–Kier alpha value is -3.39. The van der Waals surface area contributed by atoms with Gasteiger partial charge in [0.15, 0.2) is 0 Å². The van der Waals surface area contributed by atoms with Gasteiger partial charge < -0.3 is 25.0 Å². The van der Waals surface area contributed by atoms with Crippen LogP contribution >= 0.6 is 0 Å². The predicted octanol–water partition coefficient (Wildman–Crippen LogP) is 3.55. The van der Waals surface area contributed by atoms with Crippen molar-refractivity contribution in [3.05, 3.63) is 59.7 Å². The van der Waals surface area contributed by atoms with Crippen LogP contribution in [0.25, 0.3) is 0 Å². The molecule has 2 aromatic rings. The van der Waals surface area contributed by atoms with Crippen LogP contribution in [-0.4, -0.2) is 61.1 Å². The van der Waals surface area contributed by atoms with Gasteiger partial charge in [0.1, 0.15) is 18.5 Å². The molecule has 1 fully saturated rings. The van der Waals surface area contributed by atoms with Crippen LogP contribution in [0.1, 0.15) is 54.9 Å². The van der Waals surface area contributed by atoms with Crippen molar-refractivity contribution in [2.75, 3.05) is 25.5 Å². The summed E-state index contributed by atoms with van der Waals surface area (Å²) in [7, 11) is 1.78. The van der Waals surface area contributed by atoms with Crippen LogP contribution in [0.15, 0.2) is 48.5 Å². The molecule has 0 saturated carbocycles. The van der Waals surface area contributed by atoms with E-state index in [-0.39, 0.29) is 49.0 Å². The number of amides is 3. The quantitative estimate of drug-likeness (QED) is 0.586. The van der Waals surface area contributed by atoms with Crippen LogP contribution in [0.3, 0.4) is 0 Å². The van der Waals surface area contributed by atoms with Crippen molar-refractivity contribution in [1.82, 2.24) is 10.2 Å². The number of carbonyl (C=O) groups is 3. The summed E-state index contributed by atoms with van der Waals surface area (Å²) in [5.41, 5.74) is 2.18. The van der Waals surface area contributed by atoms with Crippen LogP contribution in [-0.2, 0) is 20.7 Å². The summed E-state index contributed by atoms with van der Waals surface area (Å²) in [4.78, 5) is 39.5. The average molecular weight is 494 g/mol. The zero-order valence-corrected chi connectivity index (χ0v) is 21.0. The fourth-order valence-corrected chi connectivity index (χ4v) is 4.83. The lowest BCUT2D eigenvalue weighted by molar-refractivity contribution is -0.134. The van der Waals surface area contributed by atoms with Gasteiger partial charge in [-0.25, -0.2) is 0 Å². The molecule has 0 unspecified atom stereocenters. The van der Waals surface area contributed by atoms with Crippen molar-refractivity contribution < 1.29 is 23.9 Å². The number of hydrogen-bond acceptors (Lipinski definition) is 5. The molecular weight excluding hydrogens is 458 g/mol. The van der Waals surface area contributed by atoms with E-state index in [1.165, 1.54) is 5.56 Å². The van der Waals surface area contributed by atoms with Crippen LogP contribution in [0.2, 0.25) is 0 Å². The van der Waals surface area contributed by atoms with E-state index in [0.29, 0.717) is 36.4 Å². The van der Waals surface area contributed by atoms with E-state index < -0.39 is 0 Å². The van der Waals surface area contributed by atoms with Gasteiger partial charge in [0.2, 0.25) is 11.8 Å². The third kappa shape index (κ3) is 6.43. The zero-order chi connectivity index (χ0) is 25.5. The summed E-state index contributed by atoms with van der Waals surface area (Å²) in [5, 5.41) is 5.82. The minimum absolute atomic E-state index is 0.0337. The predicted molar refractivity (Wildman–Crippen MR) is 137 cm³/mol. The van der Waals surface area contributed by atoms with Crippen molar-refractivity contribution in [3.8, 4) is 5.75 Å². The molecule has 2 aliphatic rings. The molecular formula is C28H35N3O5. The van der Waals surface area contributed by atoms with Crippen molar-refractivity contribution in [2.24, 2.45) is 0 Å². The minimum Gasteiger partial charge on any atom is -0.490 e. The first-order chi connectivity index (χ1) is 17.4. The number of benzene rings is 2. The lowest BCUT2D eigenvalue weighted by Gasteiger charge is -2.42. The Morgan fingerprint density at radius 1 is 1.08 bits per heavy atom. The molecule has 4 rings (SSSR count). The maximum Gasteiger partial charge on any atom is 0.257 e. The van der Waals surface area contributed by atoms with E-state index in [1.807, 2.05) is 37.3 Å². The van der Waals surface area contributed by atoms with Gasteiger partial charge in [0.05, 0.1) is 24.1 Å². The summed E-state index contributed by atoms with van der Waals surface area (Å²) in [6.45, 7) is 2.81. The van der Waals surface area contributed by atoms with E-state index >= 15 is 0 Å².